The summed E-state index contributed by atoms with van der Waals surface area (Å²) >= 11 is 3.48. The fourth-order valence-corrected chi connectivity index (χ4v) is 2.52. The Balaban J connectivity index is 1.97. The number of halogens is 1. The lowest BCUT2D eigenvalue weighted by Crippen LogP contribution is -2.13. The van der Waals surface area contributed by atoms with E-state index in [2.05, 4.69) is 74.8 Å². The zero-order chi connectivity index (χ0) is 14.5. The van der Waals surface area contributed by atoms with Gasteiger partial charge in [-0.15, -0.1) is 0 Å². The highest BCUT2D eigenvalue weighted by molar-refractivity contribution is 9.10. The third kappa shape index (κ3) is 3.50. The molecule has 0 aliphatic heterocycles. The van der Waals surface area contributed by atoms with Gasteiger partial charge in [0.05, 0.1) is 6.04 Å². The predicted molar refractivity (Wildman–Crippen MR) is 90.3 cm³/mol. The van der Waals surface area contributed by atoms with Crippen LogP contribution in [0.4, 0.5) is 5.82 Å². The van der Waals surface area contributed by atoms with Gasteiger partial charge in [0.1, 0.15) is 5.82 Å². The van der Waals surface area contributed by atoms with E-state index in [1.807, 2.05) is 24.3 Å². The Kier molecular flexibility index (Phi) is 4.31. The first-order valence-corrected chi connectivity index (χ1v) is 7.60. The first-order chi connectivity index (χ1) is 10.3. The van der Waals surface area contributed by atoms with Gasteiger partial charge in [0, 0.05) is 10.7 Å². The molecule has 21 heavy (non-hydrogen) atoms. The van der Waals surface area contributed by atoms with Crippen molar-refractivity contribution in [3.8, 4) is 0 Å². The lowest BCUT2D eigenvalue weighted by Gasteiger charge is -2.20. The molecule has 0 fully saturated rings. The minimum absolute atomic E-state index is 0.0780. The van der Waals surface area contributed by atoms with Gasteiger partial charge in [-0.25, -0.2) is 4.98 Å². The lowest BCUT2D eigenvalue weighted by atomic mass is 9.99. The summed E-state index contributed by atoms with van der Waals surface area (Å²) in [5.74, 6) is 0.870. The van der Waals surface area contributed by atoms with Crippen LogP contribution in [0.5, 0.6) is 0 Å². The number of nitrogens with one attached hydrogen (secondary N) is 1. The fourth-order valence-electron chi connectivity index (χ4n) is 2.26. The number of rotatable bonds is 4. The van der Waals surface area contributed by atoms with E-state index in [0.29, 0.717) is 0 Å². The van der Waals surface area contributed by atoms with Crippen LogP contribution in [0.15, 0.2) is 83.5 Å². The summed E-state index contributed by atoms with van der Waals surface area (Å²) in [6, 6.07) is 24.7. The molecular formula is C18H15BrN2. The Labute approximate surface area is 133 Å². The van der Waals surface area contributed by atoms with Crippen LogP contribution in [0.1, 0.15) is 17.2 Å². The van der Waals surface area contributed by atoms with Gasteiger partial charge in [0.2, 0.25) is 0 Å². The number of hydrogen-bond acceptors (Lipinski definition) is 2. The summed E-state index contributed by atoms with van der Waals surface area (Å²) in [4.78, 5) is 4.37. The predicted octanol–water partition coefficient (Wildman–Crippen LogP) is 5.05. The molecule has 3 aromatic rings. The Hall–Kier alpha value is -2.13. The van der Waals surface area contributed by atoms with E-state index in [4.69, 9.17) is 0 Å². The molecule has 0 aliphatic carbocycles. The summed E-state index contributed by atoms with van der Waals surface area (Å²) in [7, 11) is 0. The third-order valence-corrected chi connectivity index (χ3v) is 3.82. The van der Waals surface area contributed by atoms with Crippen LogP contribution >= 0.6 is 15.9 Å². The number of nitrogens with zero attached hydrogens (tertiary/aromatic N) is 1. The van der Waals surface area contributed by atoms with E-state index < -0.39 is 0 Å². The molecule has 104 valence electrons. The normalized spacial score (nSPS) is 11.9. The molecule has 0 bridgehead atoms. The highest BCUT2D eigenvalue weighted by Gasteiger charge is 2.14. The molecule has 2 aromatic carbocycles. The minimum atomic E-state index is 0.0780. The van der Waals surface area contributed by atoms with Crippen LogP contribution in [0.2, 0.25) is 0 Å². The van der Waals surface area contributed by atoms with E-state index in [-0.39, 0.29) is 6.04 Å². The summed E-state index contributed by atoms with van der Waals surface area (Å²) < 4.78 is 1.08. The molecule has 0 saturated carbocycles. The first-order valence-electron chi connectivity index (χ1n) is 6.81. The largest absolute Gasteiger partial charge is 0.359 e. The summed E-state index contributed by atoms with van der Waals surface area (Å²) in [6.45, 7) is 0. The minimum Gasteiger partial charge on any atom is -0.359 e. The van der Waals surface area contributed by atoms with Gasteiger partial charge < -0.3 is 5.32 Å². The van der Waals surface area contributed by atoms with Gasteiger partial charge in [-0.05, 0) is 35.4 Å². The molecule has 1 heterocycles. The van der Waals surface area contributed by atoms with Crippen molar-refractivity contribution in [2.75, 3.05) is 5.32 Å². The molecule has 1 aromatic heterocycles. The van der Waals surface area contributed by atoms with Crippen molar-refractivity contribution >= 4 is 21.7 Å². The van der Waals surface area contributed by atoms with Crippen molar-refractivity contribution in [2.45, 2.75) is 6.04 Å². The monoisotopic (exact) mass is 338 g/mol. The van der Waals surface area contributed by atoms with E-state index in [1.165, 1.54) is 11.1 Å². The smallest absolute Gasteiger partial charge is 0.126 e. The van der Waals surface area contributed by atoms with Crippen LogP contribution in [-0.2, 0) is 0 Å². The zero-order valence-corrected chi connectivity index (χ0v) is 13.0. The Bertz CT molecular complexity index is 681. The Morgan fingerprint density at radius 1 is 0.762 bits per heavy atom. The standard InChI is InChI=1S/C18H15BrN2/c19-16-11-9-15(10-12-16)18(14-6-2-1-3-7-14)21-17-8-4-5-13-20-17/h1-13,18H,(H,20,21). The van der Waals surface area contributed by atoms with Crippen LogP contribution in [-0.4, -0.2) is 4.98 Å². The van der Waals surface area contributed by atoms with E-state index in [1.54, 1.807) is 6.20 Å². The van der Waals surface area contributed by atoms with Gasteiger partial charge in [-0.2, -0.15) is 0 Å². The van der Waals surface area contributed by atoms with Gasteiger partial charge in [-0.3, -0.25) is 0 Å². The zero-order valence-electron chi connectivity index (χ0n) is 11.4. The molecule has 2 nitrogen and oxygen atoms in total. The highest BCUT2D eigenvalue weighted by atomic mass is 79.9. The fraction of sp³-hybridized carbons (Fsp3) is 0.0556. The molecule has 1 N–H and O–H groups in total. The van der Waals surface area contributed by atoms with Gasteiger partial charge in [-0.1, -0.05) is 64.5 Å². The third-order valence-electron chi connectivity index (χ3n) is 3.29. The number of benzene rings is 2. The average Bonchev–Trinajstić information content (AvgIpc) is 2.55. The number of aromatic nitrogens is 1. The highest BCUT2D eigenvalue weighted by Crippen LogP contribution is 2.26. The van der Waals surface area contributed by atoms with Crippen LogP contribution < -0.4 is 5.32 Å². The summed E-state index contributed by atoms with van der Waals surface area (Å²) in [5, 5.41) is 3.50. The van der Waals surface area contributed by atoms with Crippen LogP contribution in [0, 0.1) is 0 Å². The van der Waals surface area contributed by atoms with Crippen molar-refractivity contribution in [3.63, 3.8) is 0 Å². The molecule has 0 amide bonds. The molecule has 3 rings (SSSR count). The van der Waals surface area contributed by atoms with Gasteiger partial charge in [0.25, 0.3) is 0 Å². The van der Waals surface area contributed by atoms with E-state index in [0.717, 1.165) is 10.3 Å². The molecule has 1 unspecified atom stereocenters. The van der Waals surface area contributed by atoms with Crippen LogP contribution in [0.3, 0.4) is 0 Å². The summed E-state index contributed by atoms with van der Waals surface area (Å²) in [5.41, 5.74) is 2.42. The van der Waals surface area contributed by atoms with E-state index in [9.17, 15) is 0 Å². The van der Waals surface area contributed by atoms with Crippen molar-refractivity contribution in [1.29, 1.82) is 0 Å². The topological polar surface area (TPSA) is 24.9 Å². The van der Waals surface area contributed by atoms with Crippen molar-refractivity contribution < 1.29 is 0 Å². The molecule has 1 atom stereocenters. The van der Waals surface area contributed by atoms with E-state index >= 15 is 0 Å². The number of pyridine rings is 1. The number of anilines is 1. The maximum absolute atomic E-state index is 4.37. The molecular weight excluding hydrogens is 324 g/mol. The Morgan fingerprint density at radius 2 is 1.43 bits per heavy atom. The molecule has 0 spiro atoms. The second-order valence-electron chi connectivity index (χ2n) is 4.75. The summed E-state index contributed by atoms with van der Waals surface area (Å²) in [6.07, 6.45) is 1.80. The van der Waals surface area contributed by atoms with Crippen molar-refractivity contribution in [1.82, 2.24) is 4.98 Å². The first kappa shape index (κ1) is 13.8. The maximum atomic E-state index is 4.37. The number of hydrogen-bond donors (Lipinski definition) is 1. The second kappa shape index (κ2) is 6.55. The lowest BCUT2D eigenvalue weighted by molar-refractivity contribution is 0.926. The average molecular weight is 339 g/mol. The van der Waals surface area contributed by atoms with Crippen molar-refractivity contribution in [2.24, 2.45) is 0 Å². The van der Waals surface area contributed by atoms with Gasteiger partial charge >= 0.3 is 0 Å². The van der Waals surface area contributed by atoms with Crippen molar-refractivity contribution in [3.05, 3.63) is 94.6 Å². The molecule has 0 saturated heterocycles. The maximum Gasteiger partial charge on any atom is 0.126 e. The van der Waals surface area contributed by atoms with Gasteiger partial charge in [0.15, 0.2) is 0 Å². The molecule has 3 heteroatoms. The SMILES string of the molecule is Brc1ccc(C(Nc2ccccn2)c2ccccc2)cc1. The second-order valence-corrected chi connectivity index (χ2v) is 5.67. The Morgan fingerprint density at radius 3 is 2.10 bits per heavy atom. The van der Waals surface area contributed by atoms with Crippen LogP contribution in [0.25, 0.3) is 0 Å². The molecule has 0 aliphatic rings. The quantitative estimate of drug-likeness (QED) is 0.720. The molecule has 0 radical (unpaired) electrons.